The average molecular weight is 263 g/mol. The summed E-state index contributed by atoms with van der Waals surface area (Å²) in [6, 6.07) is 18.3. The SMILES string of the molecule is CN(Cc1ccc(N)c2cccnc12)c1ccccc1. The molecule has 2 aromatic carbocycles. The highest BCUT2D eigenvalue weighted by molar-refractivity contribution is 5.92. The lowest BCUT2D eigenvalue weighted by atomic mass is 10.1. The maximum Gasteiger partial charge on any atom is 0.0772 e. The molecule has 0 bridgehead atoms. The number of nitrogen functional groups attached to an aromatic ring is 1. The molecule has 2 N–H and O–H groups in total. The summed E-state index contributed by atoms with van der Waals surface area (Å²) in [4.78, 5) is 6.69. The quantitative estimate of drug-likeness (QED) is 0.736. The number of fused-ring (bicyclic) bond motifs is 1. The summed E-state index contributed by atoms with van der Waals surface area (Å²) in [6.45, 7) is 0.803. The van der Waals surface area contributed by atoms with Gasteiger partial charge in [0.25, 0.3) is 0 Å². The van der Waals surface area contributed by atoms with Gasteiger partial charge in [-0.05, 0) is 35.9 Å². The second-order valence-electron chi connectivity index (χ2n) is 4.91. The summed E-state index contributed by atoms with van der Waals surface area (Å²) in [5.74, 6) is 0. The molecule has 0 aliphatic rings. The highest BCUT2D eigenvalue weighted by Crippen LogP contribution is 2.24. The average Bonchev–Trinajstić information content (AvgIpc) is 2.51. The van der Waals surface area contributed by atoms with Crippen molar-refractivity contribution in [3.63, 3.8) is 0 Å². The van der Waals surface area contributed by atoms with Gasteiger partial charge in [0.2, 0.25) is 0 Å². The van der Waals surface area contributed by atoms with E-state index >= 15 is 0 Å². The van der Waals surface area contributed by atoms with Gasteiger partial charge in [-0.15, -0.1) is 0 Å². The Morgan fingerprint density at radius 1 is 1.00 bits per heavy atom. The molecule has 0 aliphatic heterocycles. The van der Waals surface area contributed by atoms with Gasteiger partial charge in [0.1, 0.15) is 0 Å². The lowest BCUT2D eigenvalue weighted by molar-refractivity contribution is 0.927. The lowest BCUT2D eigenvalue weighted by Crippen LogP contribution is -2.16. The van der Waals surface area contributed by atoms with E-state index in [1.54, 1.807) is 0 Å². The molecule has 3 rings (SSSR count). The van der Waals surface area contributed by atoms with Crippen LogP contribution in [-0.2, 0) is 6.54 Å². The van der Waals surface area contributed by atoms with Crippen LogP contribution in [0.3, 0.4) is 0 Å². The van der Waals surface area contributed by atoms with E-state index < -0.39 is 0 Å². The zero-order chi connectivity index (χ0) is 13.9. The van der Waals surface area contributed by atoms with Crippen molar-refractivity contribution >= 4 is 22.3 Å². The fraction of sp³-hybridized carbons (Fsp3) is 0.118. The van der Waals surface area contributed by atoms with Crippen molar-refractivity contribution in [2.45, 2.75) is 6.54 Å². The first-order valence-corrected chi connectivity index (χ1v) is 6.64. The topological polar surface area (TPSA) is 42.1 Å². The number of benzene rings is 2. The van der Waals surface area contributed by atoms with E-state index in [0.717, 1.165) is 23.1 Å². The van der Waals surface area contributed by atoms with Crippen LogP contribution in [0.5, 0.6) is 0 Å². The zero-order valence-corrected chi connectivity index (χ0v) is 11.5. The number of hydrogen-bond acceptors (Lipinski definition) is 3. The maximum absolute atomic E-state index is 6.01. The van der Waals surface area contributed by atoms with Crippen molar-refractivity contribution in [3.05, 3.63) is 66.4 Å². The van der Waals surface area contributed by atoms with Gasteiger partial charge in [-0.2, -0.15) is 0 Å². The first kappa shape index (κ1) is 12.5. The molecular weight excluding hydrogens is 246 g/mol. The molecule has 0 atom stereocenters. The number of rotatable bonds is 3. The molecular formula is C17H17N3. The van der Waals surface area contributed by atoms with Crippen LogP contribution in [0.4, 0.5) is 11.4 Å². The van der Waals surface area contributed by atoms with E-state index in [9.17, 15) is 0 Å². The van der Waals surface area contributed by atoms with Crippen LogP contribution < -0.4 is 10.6 Å². The third-order valence-corrected chi connectivity index (χ3v) is 3.49. The molecule has 0 amide bonds. The zero-order valence-electron chi connectivity index (χ0n) is 11.5. The molecule has 3 nitrogen and oxygen atoms in total. The van der Waals surface area contributed by atoms with Gasteiger partial charge in [-0.25, -0.2) is 0 Å². The van der Waals surface area contributed by atoms with Gasteiger partial charge in [-0.1, -0.05) is 24.3 Å². The molecule has 0 radical (unpaired) electrons. The monoisotopic (exact) mass is 263 g/mol. The number of nitrogens with two attached hydrogens (primary N) is 1. The van der Waals surface area contributed by atoms with E-state index in [2.05, 4.69) is 35.1 Å². The van der Waals surface area contributed by atoms with Crippen LogP contribution in [0, 0.1) is 0 Å². The molecule has 0 saturated carbocycles. The number of anilines is 2. The summed E-state index contributed by atoms with van der Waals surface area (Å²) >= 11 is 0. The van der Waals surface area contributed by atoms with E-state index in [0.29, 0.717) is 0 Å². The van der Waals surface area contributed by atoms with Crippen LogP contribution >= 0.6 is 0 Å². The fourth-order valence-electron chi connectivity index (χ4n) is 2.41. The van der Waals surface area contributed by atoms with Crippen molar-refractivity contribution in [2.24, 2.45) is 0 Å². The Kier molecular flexibility index (Phi) is 3.25. The standard InChI is InChI=1S/C17H17N3/c1-20(14-6-3-2-4-7-14)12-13-9-10-16(18)15-8-5-11-19-17(13)15/h2-11H,12,18H2,1H3. The highest BCUT2D eigenvalue weighted by Gasteiger charge is 2.08. The van der Waals surface area contributed by atoms with Crippen LogP contribution in [0.1, 0.15) is 5.56 Å². The molecule has 0 aliphatic carbocycles. The molecule has 0 fully saturated rings. The molecule has 1 heterocycles. The molecule has 20 heavy (non-hydrogen) atoms. The Labute approximate surface area is 118 Å². The molecule has 100 valence electrons. The van der Waals surface area contributed by atoms with E-state index in [1.807, 2.05) is 42.6 Å². The maximum atomic E-state index is 6.01. The number of hydrogen-bond donors (Lipinski definition) is 1. The van der Waals surface area contributed by atoms with Gasteiger partial charge < -0.3 is 10.6 Å². The van der Waals surface area contributed by atoms with Crippen LogP contribution in [0.15, 0.2) is 60.8 Å². The fourth-order valence-corrected chi connectivity index (χ4v) is 2.41. The van der Waals surface area contributed by atoms with E-state index in [-0.39, 0.29) is 0 Å². The molecule has 0 spiro atoms. The lowest BCUT2D eigenvalue weighted by Gasteiger charge is -2.20. The Bertz CT molecular complexity index is 723. The summed E-state index contributed by atoms with van der Waals surface area (Å²) < 4.78 is 0. The van der Waals surface area contributed by atoms with Crippen molar-refractivity contribution in [2.75, 3.05) is 17.7 Å². The molecule has 1 aromatic heterocycles. The minimum Gasteiger partial charge on any atom is -0.398 e. The Morgan fingerprint density at radius 3 is 2.60 bits per heavy atom. The van der Waals surface area contributed by atoms with Crippen LogP contribution in [0.25, 0.3) is 10.9 Å². The Morgan fingerprint density at radius 2 is 1.80 bits per heavy atom. The van der Waals surface area contributed by atoms with Gasteiger partial charge in [0, 0.05) is 36.6 Å². The predicted octanol–water partition coefficient (Wildman–Crippen LogP) is 3.45. The van der Waals surface area contributed by atoms with Crippen molar-refractivity contribution in [1.29, 1.82) is 0 Å². The van der Waals surface area contributed by atoms with Crippen LogP contribution in [0.2, 0.25) is 0 Å². The third kappa shape index (κ3) is 2.30. The van der Waals surface area contributed by atoms with Crippen molar-refractivity contribution in [3.8, 4) is 0 Å². The van der Waals surface area contributed by atoms with E-state index in [1.165, 1.54) is 11.3 Å². The summed E-state index contributed by atoms with van der Waals surface area (Å²) in [5, 5.41) is 1.02. The number of pyridine rings is 1. The number of nitrogens with zero attached hydrogens (tertiary/aromatic N) is 2. The van der Waals surface area contributed by atoms with Crippen molar-refractivity contribution in [1.82, 2.24) is 4.98 Å². The predicted molar refractivity (Wildman–Crippen MR) is 84.7 cm³/mol. The number of para-hydroxylation sites is 1. The molecule has 0 saturated heterocycles. The van der Waals surface area contributed by atoms with E-state index in [4.69, 9.17) is 5.73 Å². The minimum absolute atomic E-state index is 0.777. The second-order valence-corrected chi connectivity index (χ2v) is 4.91. The Hall–Kier alpha value is -2.55. The highest BCUT2D eigenvalue weighted by atomic mass is 15.1. The normalized spacial score (nSPS) is 10.7. The first-order chi connectivity index (χ1) is 9.75. The Balaban J connectivity index is 1.97. The van der Waals surface area contributed by atoms with Crippen LogP contribution in [-0.4, -0.2) is 12.0 Å². The second kappa shape index (κ2) is 5.21. The van der Waals surface area contributed by atoms with Gasteiger partial charge in [-0.3, -0.25) is 4.98 Å². The summed E-state index contributed by atoms with van der Waals surface area (Å²) in [7, 11) is 2.08. The molecule has 3 aromatic rings. The first-order valence-electron chi connectivity index (χ1n) is 6.64. The largest absolute Gasteiger partial charge is 0.398 e. The van der Waals surface area contributed by atoms with Gasteiger partial charge in [0.05, 0.1) is 5.52 Å². The van der Waals surface area contributed by atoms with Crippen molar-refractivity contribution < 1.29 is 0 Å². The summed E-state index contributed by atoms with van der Waals surface area (Å²) in [6.07, 6.45) is 1.81. The minimum atomic E-state index is 0.777. The van der Waals surface area contributed by atoms with Gasteiger partial charge in [0.15, 0.2) is 0 Å². The number of aromatic nitrogens is 1. The summed E-state index contributed by atoms with van der Waals surface area (Å²) in [5.41, 5.74) is 10.1. The smallest absolute Gasteiger partial charge is 0.0772 e. The third-order valence-electron chi connectivity index (χ3n) is 3.49. The molecule has 3 heteroatoms. The van der Waals surface area contributed by atoms with Gasteiger partial charge >= 0.3 is 0 Å². The molecule has 0 unspecified atom stereocenters.